The minimum absolute atomic E-state index is 0.0791. The van der Waals surface area contributed by atoms with E-state index in [0.717, 1.165) is 22.4 Å². The largest absolute Gasteiger partial charge is 0.497 e. The Balaban J connectivity index is 1.75. The number of nitrogens with zero attached hydrogens (tertiary/aromatic N) is 1. The first-order valence-electron chi connectivity index (χ1n) is 11.2. The molecule has 1 aliphatic rings. The number of fused-ring (bicyclic) bond motifs is 2. The topological polar surface area (TPSA) is 69.0 Å². The van der Waals surface area contributed by atoms with Crippen LogP contribution in [0.15, 0.2) is 69.9 Å². The maximum atomic E-state index is 13.8. The molecule has 6 heteroatoms. The van der Waals surface area contributed by atoms with Crippen LogP contribution in [0.5, 0.6) is 11.5 Å². The Kier molecular flexibility index (Phi) is 5.36. The monoisotopic (exact) mass is 455 g/mol. The van der Waals surface area contributed by atoms with Crippen LogP contribution in [0.4, 0.5) is 5.69 Å². The number of carbonyl (C=O) groups is 1. The molecule has 0 N–H and O–H groups in total. The Morgan fingerprint density at radius 3 is 2.21 bits per heavy atom. The van der Waals surface area contributed by atoms with Gasteiger partial charge < -0.3 is 13.9 Å². The lowest BCUT2D eigenvalue weighted by molar-refractivity contribution is 0.0971. The number of ether oxygens (including phenoxy) is 2. The molecule has 1 aliphatic heterocycles. The summed E-state index contributed by atoms with van der Waals surface area (Å²) in [5, 5.41) is 0.474. The van der Waals surface area contributed by atoms with E-state index >= 15 is 0 Å². The molecular weight excluding hydrogens is 430 g/mol. The molecule has 34 heavy (non-hydrogen) atoms. The zero-order chi connectivity index (χ0) is 24.0. The van der Waals surface area contributed by atoms with E-state index in [2.05, 4.69) is 0 Å². The molecule has 1 atom stereocenters. The summed E-state index contributed by atoms with van der Waals surface area (Å²) in [7, 11) is 1.59. The standard InChI is InChI=1S/C28H25NO5/c1-5-33-21-10-6-18(7-11-21)25-24-26(30)22-14-16(2)17(3)15-23(22)34-27(24)28(31)29(25)19-8-12-20(32-4)13-9-19/h6-15,25H,5H2,1-4H3. The first kappa shape index (κ1) is 21.8. The number of methoxy groups -OCH3 is 1. The van der Waals surface area contributed by atoms with Gasteiger partial charge in [-0.3, -0.25) is 14.5 Å². The van der Waals surface area contributed by atoms with Gasteiger partial charge in [-0.05, 0) is 86.0 Å². The Bertz CT molecular complexity index is 1450. The summed E-state index contributed by atoms with van der Waals surface area (Å²) in [6, 6.07) is 17.7. The summed E-state index contributed by atoms with van der Waals surface area (Å²) in [4.78, 5) is 29.1. The van der Waals surface area contributed by atoms with Crippen molar-refractivity contribution in [1.82, 2.24) is 0 Å². The highest BCUT2D eigenvalue weighted by molar-refractivity contribution is 6.10. The third-order valence-electron chi connectivity index (χ3n) is 6.34. The number of hydrogen-bond donors (Lipinski definition) is 0. The summed E-state index contributed by atoms with van der Waals surface area (Å²) in [6.07, 6.45) is 0. The molecule has 0 radical (unpaired) electrons. The maximum Gasteiger partial charge on any atom is 0.295 e. The van der Waals surface area contributed by atoms with Gasteiger partial charge in [-0.2, -0.15) is 0 Å². The van der Waals surface area contributed by atoms with Crippen LogP contribution in [0.3, 0.4) is 0 Å². The van der Waals surface area contributed by atoms with E-state index < -0.39 is 6.04 Å². The second kappa shape index (κ2) is 8.37. The second-order valence-corrected chi connectivity index (χ2v) is 8.38. The molecule has 0 saturated carbocycles. The first-order valence-corrected chi connectivity index (χ1v) is 11.2. The molecule has 3 aromatic carbocycles. The molecule has 0 saturated heterocycles. The second-order valence-electron chi connectivity index (χ2n) is 8.38. The molecule has 1 aromatic heterocycles. The van der Waals surface area contributed by atoms with E-state index in [1.807, 2.05) is 69.3 Å². The first-order chi connectivity index (χ1) is 16.4. The van der Waals surface area contributed by atoms with E-state index in [4.69, 9.17) is 13.9 Å². The van der Waals surface area contributed by atoms with Crippen LogP contribution in [0, 0.1) is 13.8 Å². The predicted molar refractivity (Wildman–Crippen MR) is 131 cm³/mol. The third kappa shape index (κ3) is 3.43. The lowest BCUT2D eigenvalue weighted by Gasteiger charge is -2.25. The van der Waals surface area contributed by atoms with Crippen LogP contribution < -0.4 is 19.8 Å². The fourth-order valence-corrected chi connectivity index (χ4v) is 4.47. The highest BCUT2D eigenvalue weighted by Crippen LogP contribution is 2.42. The van der Waals surface area contributed by atoms with Crippen LogP contribution in [0.1, 0.15) is 45.8 Å². The highest BCUT2D eigenvalue weighted by Gasteiger charge is 2.43. The summed E-state index contributed by atoms with van der Waals surface area (Å²) in [6.45, 7) is 6.39. The highest BCUT2D eigenvalue weighted by atomic mass is 16.5. The average Bonchev–Trinajstić information content (AvgIpc) is 3.14. The zero-order valence-electron chi connectivity index (χ0n) is 19.5. The fourth-order valence-electron chi connectivity index (χ4n) is 4.47. The van der Waals surface area contributed by atoms with Crippen molar-refractivity contribution in [1.29, 1.82) is 0 Å². The summed E-state index contributed by atoms with van der Waals surface area (Å²) < 4.78 is 17.0. The van der Waals surface area contributed by atoms with Crippen LogP contribution in [0.2, 0.25) is 0 Å². The molecule has 0 fully saturated rings. The fraction of sp³-hybridized carbons (Fsp3) is 0.214. The van der Waals surface area contributed by atoms with Crippen molar-refractivity contribution in [2.24, 2.45) is 0 Å². The van der Waals surface area contributed by atoms with Gasteiger partial charge in [0.15, 0.2) is 5.43 Å². The molecule has 1 amide bonds. The van der Waals surface area contributed by atoms with Gasteiger partial charge in [0.05, 0.1) is 30.7 Å². The molecule has 1 unspecified atom stereocenters. The van der Waals surface area contributed by atoms with Gasteiger partial charge in [-0.15, -0.1) is 0 Å². The molecule has 6 nitrogen and oxygen atoms in total. The molecule has 0 spiro atoms. The predicted octanol–water partition coefficient (Wildman–Crippen LogP) is 5.57. The molecule has 172 valence electrons. The molecule has 2 heterocycles. The third-order valence-corrected chi connectivity index (χ3v) is 6.34. The van der Waals surface area contributed by atoms with E-state index in [1.54, 1.807) is 24.1 Å². The number of benzene rings is 3. The smallest absolute Gasteiger partial charge is 0.295 e. The van der Waals surface area contributed by atoms with Crippen molar-refractivity contribution in [3.8, 4) is 11.5 Å². The zero-order valence-corrected chi connectivity index (χ0v) is 19.5. The van der Waals surface area contributed by atoms with E-state index in [1.165, 1.54) is 0 Å². The van der Waals surface area contributed by atoms with Gasteiger partial charge in [0, 0.05) is 5.69 Å². The molecule has 0 bridgehead atoms. The number of carbonyl (C=O) groups excluding carboxylic acids is 1. The van der Waals surface area contributed by atoms with Crippen molar-refractivity contribution in [2.75, 3.05) is 18.6 Å². The SMILES string of the molecule is CCOc1ccc(C2c3c(oc4cc(C)c(C)cc4c3=O)C(=O)N2c2ccc(OC)cc2)cc1. The quantitative estimate of drug-likeness (QED) is 0.394. The Morgan fingerprint density at radius 1 is 0.912 bits per heavy atom. The van der Waals surface area contributed by atoms with Crippen molar-refractivity contribution in [3.63, 3.8) is 0 Å². The summed E-state index contributed by atoms with van der Waals surface area (Å²) >= 11 is 0. The van der Waals surface area contributed by atoms with E-state index in [-0.39, 0.29) is 17.1 Å². The van der Waals surface area contributed by atoms with Crippen molar-refractivity contribution in [3.05, 3.63) is 98.9 Å². The maximum absolute atomic E-state index is 13.8. The van der Waals surface area contributed by atoms with Gasteiger partial charge in [0.25, 0.3) is 5.91 Å². The lowest BCUT2D eigenvalue weighted by Crippen LogP contribution is -2.29. The van der Waals surface area contributed by atoms with Gasteiger partial charge in [0.1, 0.15) is 17.1 Å². The summed E-state index contributed by atoms with van der Waals surface area (Å²) in [5.41, 5.74) is 4.00. The van der Waals surface area contributed by atoms with Gasteiger partial charge in [-0.25, -0.2) is 0 Å². The van der Waals surface area contributed by atoms with Crippen LogP contribution >= 0.6 is 0 Å². The van der Waals surface area contributed by atoms with Gasteiger partial charge >= 0.3 is 0 Å². The van der Waals surface area contributed by atoms with Crippen LogP contribution in [-0.4, -0.2) is 19.6 Å². The van der Waals surface area contributed by atoms with Crippen molar-refractivity contribution < 1.29 is 18.7 Å². The number of aryl methyl sites for hydroxylation is 2. The van der Waals surface area contributed by atoms with Gasteiger partial charge in [-0.1, -0.05) is 12.1 Å². The van der Waals surface area contributed by atoms with Crippen molar-refractivity contribution in [2.45, 2.75) is 26.8 Å². The normalized spacial score (nSPS) is 15.0. The van der Waals surface area contributed by atoms with Crippen molar-refractivity contribution >= 4 is 22.6 Å². The molecular formula is C28H25NO5. The van der Waals surface area contributed by atoms with Crippen LogP contribution in [-0.2, 0) is 0 Å². The minimum Gasteiger partial charge on any atom is -0.497 e. The number of amides is 1. The molecule has 0 aliphatic carbocycles. The minimum atomic E-state index is -0.631. The lowest BCUT2D eigenvalue weighted by atomic mass is 9.97. The molecule has 5 rings (SSSR count). The van der Waals surface area contributed by atoms with E-state index in [0.29, 0.717) is 34.6 Å². The molecule has 4 aromatic rings. The number of rotatable bonds is 5. The summed E-state index contributed by atoms with van der Waals surface area (Å²) in [5.74, 6) is 1.13. The average molecular weight is 456 g/mol. The van der Waals surface area contributed by atoms with E-state index in [9.17, 15) is 9.59 Å². The number of anilines is 1. The number of hydrogen-bond acceptors (Lipinski definition) is 5. The Labute approximate surface area is 197 Å². The van der Waals surface area contributed by atoms with Crippen LogP contribution in [0.25, 0.3) is 11.0 Å². The Morgan fingerprint density at radius 2 is 1.56 bits per heavy atom. The Hall–Kier alpha value is -4.06. The van der Waals surface area contributed by atoms with Gasteiger partial charge in [0.2, 0.25) is 5.76 Å².